The lowest BCUT2D eigenvalue weighted by Gasteiger charge is -2.03. The zero-order valence-corrected chi connectivity index (χ0v) is 11.6. The van der Waals surface area contributed by atoms with Gasteiger partial charge in [-0.2, -0.15) is 0 Å². The highest BCUT2D eigenvalue weighted by Gasteiger charge is 2.14. The van der Waals surface area contributed by atoms with Gasteiger partial charge in [0.1, 0.15) is 11.0 Å². The molecule has 2 heterocycles. The number of nitrogens with zero attached hydrogens (tertiary/aromatic N) is 4. The van der Waals surface area contributed by atoms with Gasteiger partial charge in [0.15, 0.2) is 0 Å². The minimum atomic E-state index is -0.968. The molecule has 0 atom stereocenters. The summed E-state index contributed by atoms with van der Waals surface area (Å²) in [6.07, 6.45) is 0.713. The number of carboxylic acids is 1. The molecular weight excluding hydrogens is 276 g/mol. The van der Waals surface area contributed by atoms with Gasteiger partial charge >= 0.3 is 5.97 Å². The van der Waals surface area contributed by atoms with Crippen LogP contribution in [0.25, 0.3) is 11.0 Å². The lowest BCUT2D eigenvalue weighted by molar-refractivity contribution is 0.0698. The fourth-order valence-corrected chi connectivity index (χ4v) is 2.84. The average Bonchev–Trinajstić information content (AvgIpc) is 3.02. The maximum atomic E-state index is 11.3. The third-order valence-electron chi connectivity index (χ3n) is 2.97. The number of fused-ring (bicyclic) bond motifs is 1. The smallest absolute Gasteiger partial charge is 0.337 e. The van der Waals surface area contributed by atoms with Gasteiger partial charge in [0.25, 0.3) is 0 Å². The molecule has 2 aromatic heterocycles. The van der Waals surface area contributed by atoms with Crippen molar-refractivity contribution < 1.29 is 9.90 Å². The van der Waals surface area contributed by atoms with Crippen LogP contribution in [0.4, 0.5) is 0 Å². The zero-order valence-electron chi connectivity index (χ0n) is 10.8. The van der Waals surface area contributed by atoms with E-state index in [2.05, 4.69) is 15.3 Å². The molecule has 1 aromatic carbocycles. The van der Waals surface area contributed by atoms with Crippen molar-refractivity contribution in [2.24, 2.45) is 0 Å². The number of thiazole rings is 1. The van der Waals surface area contributed by atoms with Crippen LogP contribution in [-0.2, 0) is 13.0 Å². The Morgan fingerprint density at radius 3 is 3.00 bits per heavy atom. The van der Waals surface area contributed by atoms with Crippen molar-refractivity contribution in [2.75, 3.05) is 0 Å². The Balaban J connectivity index is 1.93. The van der Waals surface area contributed by atoms with E-state index in [1.54, 1.807) is 34.2 Å². The summed E-state index contributed by atoms with van der Waals surface area (Å²) in [5, 5.41) is 20.3. The summed E-state index contributed by atoms with van der Waals surface area (Å²) < 4.78 is 1.63. The molecule has 0 aliphatic rings. The molecule has 0 fully saturated rings. The fraction of sp³-hybridized carbons (Fsp3) is 0.231. The van der Waals surface area contributed by atoms with Gasteiger partial charge in [-0.25, -0.2) is 14.5 Å². The fourth-order valence-electron chi connectivity index (χ4n) is 2.08. The van der Waals surface area contributed by atoms with Crippen LogP contribution in [-0.4, -0.2) is 31.1 Å². The average molecular weight is 288 g/mol. The molecule has 1 N–H and O–H groups in total. The van der Waals surface area contributed by atoms with E-state index in [0.29, 0.717) is 24.0 Å². The van der Waals surface area contributed by atoms with Gasteiger partial charge < -0.3 is 5.11 Å². The largest absolute Gasteiger partial charge is 0.478 e. The third kappa shape index (κ3) is 2.27. The summed E-state index contributed by atoms with van der Waals surface area (Å²) >= 11 is 1.60. The summed E-state index contributed by atoms with van der Waals surface area (Å²) in [6, 6.07) is 5.01. The highest BCUT2D eigenvalue weighted by molar-refractivity contribution is 7.09. The Morgan fingerprint density at radius 1 is 1.45 bits per heavy atom. The van der Waals surface area contributed by atoms with E-state index in [4.69, 9.17) is 0 Å². The van der Waals surface area contributed by atoms with Crippen molar-refractivity contribution in [1.82, 2.24) is 20.0 Å². The summed E-state index contributed by atoms with van der Waals surface area (Å²) in [5.74, 6) is -0.968. The lowest BCUT2D eigenvalue weighted by atomic mass is 10.2. The van der Waals surface area contributed by atoms with Crippen LogP contribution in [0.1, 0.15) is 21.1 Å². The van der Waals surface area contributed by atoms with E-state index in [-0.39, 0.29) is 5.56 Å². The van der Waals surface area contributed by atoms with E-state index in [1.807, 2.05) is 12.3 Å². The van der Waals surface area contributed by atoms with Gasteiger partial charge in [-0.05, 0) is 19.1 Å². The van der Waals surface area contributed by atoms with Gasteiger partial charge in [-0.3, -0.25) is 0 Å². The predicted octanol–water partition coefficient (Wildman–Crippen LogP) is 2.14. The van der Waals surface area contributed by atoms with Crippen molar-refractivity contribution in [3.63, 3.8) is 0 Å². The summed E-state index contributed by atoms with van der Waals surface area (Å²) in [6.45, 7) is 2.52. The van der Waals surface area contributed by atoms with Crippen molar-refractivity contribution in [1.29, 1.82) is 0 Å². The lowest BCUT2D eigenvalue weighted by Crippen LogP contribution is -2.07. The van der Waals surface area contributed by atoms with Gasteiger partial charge in [0.05, 0.1) is 10.6 Å². The van der Waals surface area contributed by atoms with Crippen LogP contribution in [0.3, 0.4) is 0 Å². The molecule has 0 saturated heterocycles. The molecule has 0 unspecified atom stereocenters. The van der Waals surface area contributed by atoms with E-state index < -0.39 is 5.97 Å². The summed E-state index contributed by atoms with van der Waals surface area (Å²) in [5.41, 5.74) is 2.39. The molecule has 6 nitrogen and oxygen atoms in total. The first-order valence-electron chi connectivity index (χ1n) is 6.11. The number of rotatable bonds is 4. The SMILES string of the molecule is Cc1csc(CCn2nnc3cccc(C(=O)O)c32)n1. The van der Waals surface area contributed by atoms with Crippen molar-refractivity contribution >= 4 is 28.3 Å². The van der Waals surface area contributed by atoms with Gasteiger partial charge in [0, 0.05) is 24.0 Å². The number of aromatic nitrogens is 4. The van der Waals surface area contributed by atoms with E-state index in [0.717, 1.165) is 10.7 Å². The molecule has 7 heteroatoms. The number of carboxylic acid groups (broad SMARTS) is 1. The summed E-state index contributed by atoms with van der Waals surface area (Å²) in [4.78, 5) is 15.7. The second kappa shape index (κ2) is 5.01. The predicted molar refractivity (Wildman–Crippen MR) is 75.0 cm³/mol. The van der Waals surface area contributed by atoms with Crippen molar-refractivity contribution in [2.45, 2.75) is 19.9 Å². The molecule has 20 heavy (non-hydrogen) atoms. The molecule has 102 valence electrons. The quantitative estimate of drug-likeness (QED) is 0.795. The number of aromatic carboxylic acids is 1. The molecular formula is C13H12N4O2S. The van der Waals surface area contributed by atoms with E-state index in [1.165, 1.54) is 0 Å². The van der Waals surface area contributed by atoms with E-state index in [9.17, 15) is 9.90 Å². The van der Waals surface area contributed by atoms with Gasteiger partial charge in [-0.1, -0.05) is 11.3 Å². The third-order valence-corrected chi connectivity index (χ3v) is 3.99. The molecule has 0 aliphatic carbocycles. The van der Waals surface area contributed by atoms with Crippen molar-refractivity contribution in [3.05, 3.63) is 39.8 Å². The Hall–Kier alpha value is -2.28. The first-order valence-corrected chi connectivity index (χ1v) is 6.99. The minimum absolute atomic E-state index is 0.225. The molecule has 0 amide bonds. The number of carbonyl (C=O) groups is 1. The first kappa shape index (κ1) is 12.7. The first-order chi connectivity index (χ1) is 9.65. The standard InChI is InChI=1S/C13H12N4O2S/c1-8-7-20-11(14-8)5-6-17-12-9(13(18)19)3-2-4-10(12)15-16-17/h2-4,7H,5-6H2,1H3,(H,18,19). The molecule has 0 saturated carbocycles. The van der Waals surface area contributed by atoms with Crippen LogP contribution < -0.4 is 0 Å². The van der Waals surface area contributed by atoms with Gasteiger partial charge in [-0.15, -0.1) is 16.4 Å². The Bertz CT molecular complexity index is 778. The second-order valence-electron chi connectivity index (χ2n) is 4.42. The number of hydrogen-bond acceptors (Lipinski definition) is 5. The van der Waals surface area contributed by atoms with Gasteiger partial charge in [0.2, 0.25) is 0 Å². The summed E-state index contributed by atoms with van der Waals surface area (Å²) in [7, 11) is 0. The monoisotopic (exact) mass is 288 g/mol. The highest BCUT2D eigenvalue weighted by Crippen LogP contribution is 2.18. The minimum Gasteiger partial charge on any atom is -0.478 e. The van der Waals surface area contributed by atoms with Crippen LogP contribution in [0.15, 0.2) is 23.6 Å². The maximum absolute atomic E-state index is 11.3. The van der Waals surface area contributed by atoms with Crippen LogP contribution in [0.2, 0.25) is 0 Å². The van der Waals surface area contributed by atoms with Crippen molar-refractivity contribution in [3.8, 4) is 0 Å². The number of benzene rings is 1. The Kier molecular flexibility index (Phi) is 3.19. The molecule has 0 radical (unpaired) electrons. The maximum Gasteiger partial charge on any atom is 0.337 e. The topological polar surface area (TPSA) is 80.9 Å². The zero-order chi connectivity index (χ0) is 14.1. The van der Waals surface area contributed by atoms with Crippen LogP contribution in [0, 0.1) is 6.92 Å². The van der Waals surface area contributed by atoms with E-state index >= 15 is 0 Å². The Labute approximate surface area is 118 Å². The number of para-hydroxylation sites is 1. The number of hydrogen-bond donors (Lipinski definition) is 1. The molecule has 3 aromatic rings. The molecule has 3 rings (SSSR count). The highest BCUT2D eigenvalue weighted by atomic mass is 32.1. The molecule has 0 bridgehead atoms. The Morgan fingerprint density at radius 2 is 2.30 bits per heavy atom. The van der Waals surface area contributed by atoms with Crippen LogP contribution >= 0.6 is 11.3 Å². The molecule has 0 spiro atoms. The second-order valence-corrected chi connectivity index (χ2v) is 5.37. The molecule has 0 aliphatic heterocycles. The van der Waals surface area contributed by atoms with Crippen LogP contribution in [0.5, 0.6) is 0 Å². The number of aryl methyl sites for hydroxylation is 3. The normalized spacial score (nSPS) is 11.1.